The second-order valence-corrected chi connectivity index (χ2v) is 5.24. The molecule has 1 aromatic heterocycles. The number of nitrogens with one attached hydrogen (secondary N) is 1. The first-order valence-corrected chi connectivity index (χ1v) is 5.43. The van der Waals surface area contributed by atoms with Crippen molar-refractivity contribution < 1.29 is 4.92 Å². The summed E-state index contributed by atoms with van der Waals surface area (Å²) in [5.41, 5.74) is 1.29. The predicted octanol–water partition coefficient (Wildman–Crippen LogP) is 0.922. The monoisotopic (exact) mass is 220 g/mol. The van der Waals surface area contributed by atoms with E-state index in [2.05, 4.69) is 25.8 Å². The molecule has 1 N–H and O–H groups in total. The molecule has 1 atom stereocenters. The molecule has 0 amide bonds. The molecule has 2 rings (SSSR count). The highest BCUT2D eigenvalue weighted by Gasteiger charge is 2.22. The van der Waals surface area contributed by atoms with Crippen LogP contribution in [-0.2, 0) is 5.41 Å². The van der Waals surface area contributed by atoms with Crippen LogP contribution in [0.15, 0.2) is 6.20 Å². The lowest BCUT2D eigenvalue weighted by Gasteiger charge is -2.17. The molecule has 0 aliphatic heterocycles. The Bertz CT molecular complexity index is 534. The van der Waals surface area contributed by atoms with Gasteiger partial charge in [-0.15, -0.1) is 0 Å². The fourth-order valence-electron chi connectivity index (χ4n) is 2.07. The van der Waals surface area contributed by atoms with Crippen molar-refractivity contribution in [3.8, 4) is 0 Å². The molecule has 0 aromatic carbocycles. The lowest BCUT2D eigenvalue weighted by atomic mass is 9.87. The maximum absolute atomic E-state index is 10.7. The van der Waals surface area contributed by atoms with Gasteiger partial charge in [-0.05, 0) is 16.2 Å². The Balaban J connectivity index is 2.56. The normalized spacial score (nSPS) is 19.6. The van der Waals surface area contributed by atoms with E-state index in [9.17, 15) is 10.1 Å². The number of nitrogens with zero attached hydrogens (tertiary/aromatic N) is 1. The fraction of sp³-hybridized carbons (Fsp3) is 0.500. The van der Waals surface area contributed by atoms with E-state index in [0.29, 0.717) is 6.42 Å². The lowest BCUT2D eigenvalue weighted by Crippen LogP contribution is -2.36. The maximum Gasteiger partial charge on any atom is 0.237 e. The van der Waals surface area contributed by atoms with Crippen LogP contribution < -0.4 is 10.6 Å². The maximum atomic E-state index is 10.7. The molecule has 1 aliphatic rings. The molecule has 0 saturated carbocycles. The van der Waals surface area contributed by atoms with Crippen LogP contribution in [0.3, 0.4) is 0 Å². The quantitative estimate of drug-likeness (QED) is 0.565. The zero-order valence-corrected chi connectivity index (χ0v) is 9.78. The van der Waals surface area contributed by atoms with Crippen molar-refractivity contribution in [2.75, 3.05) is 0 Å². The molecule has 0 radical (unpaired) electrons. The number of H-pyrrole nitrogens is 1. The number of hydrogen-bond acceptors (Lipinski definition) is 2. The van der Waals surface area contributed by atoms with E-state index in [1.165, 1.54) is 5.56 Å². The molecule has 16 heavy (non-hydrogen) atoms. The van der Waals surface area contributed by atoms with Gasteiger partial charge in [0.25, 0.3) is 0 Å². The van der Waals surface area contributed by atoms with Crippen LogP contribution >= 0.6 is 0 Å². The van der Waals surface area contributed by atoms with E-state index in [0.717, 1.165) is 10.6 Å². The highest BCUT2D eigenvalue weighted by Crippen LogP contribution is 2.17. The van der Waals surface area contributed by atoms with Crippen LogP contribution in [0.5, 0.6) is 0 Å². The van der Waals surface area contributed by atoms with E-state index < -0.39 is 6.04 Å². The van der Waals surface area contributed by atoms with Crippen LogP contribution in [0.2, 0.25) is 0 Å². The summed E-state index contributed by atoms with van der Waals surface area (Å²) in [6.45, 7) is 6.43. The van der Waals surface area contributed by atoms with Gasteiger partial charge >= 0.3 is 0 Å². The number of aromatic nitrogens is 1. The highest BCUT2D eigenvalue weighted by molar-refractivity contribution is 5.44. The van der Waals surface area contributed by atoms with E-state index in [1.807, 2.05) is 12.3 Å². The topological polar surface area (TPSA) is 58.9 Å². The van der Waals surface area contributed by atoms with Crippen LogP contribution in [0, 0.1) is 10.1 Å². The number of hydrogen-bond donors (Lipinski definition) is 1. The van der Waals surface area contributed by atoms with Gasteiger partial charge in [0.15, 0.2) is 0 Å². The van der Waals surface area contributed by atoms with Crippen molar-refractivity contribution in [2.45, 2.75) is 38.6 Å². The van der Waals surface area contributed by atoms with Crippen molar-refractivity contribution in [1.82, 2.24) is 4.98 Å². The Morgan fingerprint density at radius 3 is 2.75 bits per heavy atom. The molecule has 1 aromatic rings. The van der Waals surface area contributed by atoms with Gasteiger partial charge < -0.3 is 4.98 Å². The molecule has 1 aliphatic carbocycles. The van der Waals surface area contributed by atoms with Crippen LogP contribution in [0.4, 0.5) is 0 Å². The molecule has 4 nitrogen and oxygen atoms in total. The molecule has 1 unspecified atom stereocenters. The zero-order chi connectivity index (χ0) is 11.9. The summed E-state index contributed by atoms with van der Waals surface area (Å²) >= 11 is 0. The predicted molar refractivity (Wildman–Crippen MR) is 63.1 cm³/mol. The molecule has 0 saturated heterocycles. The minimum absolute atomic E-state index is 0.0654. The third kappa shape index (κ3) is 1.75. The first-order chi connectivity index (χ1) is 7.39. The van der Waals surface area contributed by atoms with Crippen molar-refractivity contribution >= 4 is 12.2 Å². The SMILES string of the molecule is CC(C)(C)c1c[nH]c2c1=CCC([N+](=O)[O-])C=2. The van der Waals surface area contributed by atoms with E-state index >= 15 is 0 Å². The Morgan fingerprint density at radius 1 is 1.50 bits per heavy atom. The van der Waals surface area contributed by atoms with Gasteiger partial charge in [-0.3, -0.25) is 10.1 Å². The number of fused-ring (bicyclic) bond motifs is 1. The first-order valence-electron chi connectivity index (χ1n) is 5.43. The smallest absolute Gasteiger partial charge is 0.237 e. The van der Waals surface area contributed by atoms with Gasteiger partial charge in [0.2, 0.25) is 6.04 Å². The molecular formula is C12H16N2O2. The summed E-state index contributed by atoms with van der Waals surface area (Å²) in [7, 11) is 0. The average molecular weight is 220 g/mol. The van der Waals surface area contributed by atoms with Gasteiger partial charge in [0.1, 0.15) is 0 Å². The summed E-state index contributed by atoms with van der Waals surface area (Å²) < 4.78 is 0. The summed E-state index contributed by atoms with van der Waals surface area (Å²) in [5.74, 6) is 0. The second-order valence-electron chi connectivity index (χ2n) is 5.24. The molecule has 4 heteroatoms. The Hall–Kier alpha value is -1.58. The van der Waals surface area contributed by atoms with E-state index in [1.54, 1.807) is 6.08 Å². The molecule has 0 bridgehead atoms. The van der Waals surface area contributed by atoms with Gasteiger partial charge in [-0.2, -0.15) is 0 Å². The third-order valence-corrected chi connectivity index (χ3v) is 2.95. The van der Waals surface area contributed by atoms with E-state index in [-0.39, 0.29) is 10.3 Å². The van der Waals surface area contributed by atoms with Gasteiger partial charge in [-0.1, -0.05) is 26.8 Å². The summed E-state index contributed by atoms with van der Waals surface area (Å²) in [6, 6.07) is -0.584. The molecule has 1 heterocycles. The van der Waals surface area contributed by atoms with Crippen molar-refractivity contribution in [1.29, 1.82) is 0 Å². The van der Waals surface area contributed by atoms with Crippen LogP contribution in [0.25, 0.3) is 12.2 Å². The lowest BCUT2D eigenvalue weighted by molar-refractivity contribution is -0.503. The summed E-state index contributed by atoms with van der Waals surface area (Å²) in [5, 5.41) is 12.7. The number of rotatable bonds is 1. The van der Waals surface area contributed by atoms with Gasteiger partial charge in [-0.25, -0.2) is 0 Å². The standard InChI is InChI=1S/C12H16N2O2/c1-12(2,3)10-7-13-11-6-8(14(15)16)4-5-9(10)11/h5-8,13H,4H2,1-3H3. The Morgan fingerprint density at radius 2 is 2.19 bits per heavy atom. The van der Waals surface area contributed by atoms with Gasteiger partial charge in [0.05, 0.1) is 0 Å². The van der Waals surface area contributed by atoms with Crippen LogP contribution in [0.1, 0.15) is 32.8 Å². The molecule has 0 fully saturated rings. The minimum atomic E-state index is -0.584. The summed E-state index contributed by atoms with van der Waals surface area (Å²) in [6.07, 6.45) is 6.13. The molecule has 86 valence electrons. The fourth-order valence-corrected chi connectivity index (χ4v) is 2.07. The molecule has 0 spiro atoms. The largest absolute Gasteiger partial charge is 0.361 e. The van der Waals surface area contributed by atoms with Crippen molar-refractivity contribution in [3.05, 3.63) is 32.4 Å². The highest BCUT2D eigenvalue weighted by atomic mass is 16.6. The first kappa shape index (κ1) is 10.9. The zero-order valence-electron chi connectivity index (χ0n) is 9.78. The van der Waals surface area contributed by atoms with Gasteiger partial charge in [0, 0.05) is 29.0 Å². The Kier molecular flexibility index (Phi) is 2.37. The van der Waals surface area contributed by atoms with E-state index in [4.69, 9.17) is 0 Å². The second kappa shape index (κ2) is 3.47. The average Bonchev–Trinajstić information content (AvgIpc) is 2.58. The molecular weight excluding hydrogens is 204 g/mol. The number of aromatic amines is 1. The third-order valence-electron chi connectivity index (χ3n) is 2.95. The van der Waals surface area contributed by atoms with Crippen LogP contribution in [-0.4, -0.2) is 15.9 Å². The summed E-state index contributed by atoms with van der Waals surface area (Å²) in [4.78, 5) is 13.6. The minimum Gasteiger partial charge on any atom is -0.361 e. The van der Waals surface area contributed by atoms with Crippen molar-refractivity contribution in [2.24, 2.45) is 0 Å². The Labute approximate surface area is 93.8 Å². The number of nitro groups is 1. The van der Waals surface area contributed by atoms with Crippen molar-refractivity contribution in [3.63, 3.8) is 0 Å².